The van der Waals surface area contributed by atoms with Crippen molar-refractivity contribution < 1.29 is 14.5 Å². The van der Waals surface area contributed by atoms with Crippen molar-refractivity contribution in [2.24, 2.45) is 5.73 Å². The van der Waals surface area contributed by atoms with E-state index in [1.807, 2.05) is 53.8 Å². The van der Waals surface area contributed by atoms with Crippen LogP contribution >= 0.6 is 0 Å². The molecule has 2 N–H and O–H groups in total. The lowest BCUT2D eigenvalue weighted by atomic mass is 10.1. The van der Waals surface area contributed by atoms with Gasteiger partial charge < -0.3 is 14.9 Å². The molecule has 4 rings (SSSR count). The number of amides is 1. The van der Waals surface area contributed by atoms with Crippen molar-refractivity contribution in [3.05, 3.63) is 105 Å². The van der Waals surface area contributed by atoms with Gasteiger partial charge in [0.05, 0.1) is 10.6 Å². The summed E-state index contributed by atoms with van der Waals surface area (Å²) in [6, 6.07) is 17.4. The van der Waals surface area contributed by atoms with E-state index in [-0.39, 0.29) is 18.0 Å². The van der Waals surface area contributed by atoms with Crippen molar-refractivity contribution in [1.29, 1.82) is 0 Å². The largest absolute Gasteiger partial charge is 0.482 e. The Bertz CT molecular complexity index is 1340. The first-order chi connectivity index (χ1) is 15.4. The molecule has 160 valence electrons. The third-order valence-corrected chi connectivity index (χ3v) is 5.04. The molecule has 4 aromatic rings. The van der Waals surface area contributed by atoms with Crippen molar-refractivity contribution >= 4 is 29.4 Å². The molecule has 2 aromatic carbocycles. The van der Waals surface area contributed by atoms with Gasteiger partial charge in [-0.05, 0) is 48.4 Å². The number of pyridine rings is 1. The second kappa shape index (κ2) is 8.73. The summed E-state index contributed by atoms with van der Waals surface area (Å²) in [5.74, 6) is -0.321. The Labute approximate surface area is 183 Å². The minimum absolute atomic E-state index is 0.0963. The fraction of sp³-hybridized carbons (Fsp3) is 0.0833. The van der Waals surface area contributed by atoms with Gasteiger partial charge in [-0.3, -0.25) is 14.9 Å². The van der Waals surface area contributed by atoms with Crippen LogP contribution in [0.25, 0.3) is 17.8 Å². The number of carbonyl (C=O) groups is 1. The van der Waals surface area contributed by atoms with Gasteiger partial charge in [-0.25, -0.2) is 4.98 Å². The highest BCUT2D eigenvalue weighted by Crippen LogP contribution is 2.29. The molecule has 0 aliphatic carbocycles. The Morgan fingerprint density at radius 1 is 1.16 bits per heavy atom. The van der Waals surface area contributed by atoms with Crippen LogP contribution in [0, 0.1) is 17.0 Å². The van der Waals surface area contributed by atoms with Crippen LogP contribution in [-0.2, 0) is 6.61 Å². The van der Waals surface area contributed by atoms with Crippen LogP contribution in [0.2, 0.25) is 0 Å². The monoisotopic (exact) mass is 428 g/mol. The zero-order valence-corrected chi connectivity index (χ0v) is 17.3. The number of primary amides is 1. The fourth-order valence-corrected chi connectivity index (χ4v) is 3.31. The molecule has 0 aliphatic heterocycles. The average molecular weight is 428 g/mol. The molecule has 0 saturated heterocycles. The Kier molecular flexibility index (Phi) is 5.67. The van der Waals surface area contributed by atoms with Crippen molar-refractivity contribution in [3.63, 3.8) is 0 Å². The quantitative estimate of drug-likeness (QED) is 0.346. The molecule has 0 unspecified atom stereocenters. The number of ether oxygens (including phenoxy) is 1. The van der Waals surface area contributed by atoms with Crippen LogP contribution in [0.4, 0.5) is 5.69 Å². The maximum atomic E-state index is 11.4. The molecular formula is C24H20N4O4. The lowest BCUT2D eigenvalue weighted by Gasteiger charge is -2.08. The predicted octanol–water partition coefficient (Wildman–Crippen LogP) is 4.40. The molecule has 8 nitrogen and oxygen atoms in total. The first-order valence-electron chi connectivity index (χ1n) is 9.84. The molecular weight excluding hydrogens is 408 g/mol. The van der Waals surface area contributed by atoms with Gasteiger partial charge in [0.15, 0.2) is 5.75 Å². The summed E-state index contributed by atoms with van der Waals surface area (Å²) in [6.07, 6.45) is 5.37. The number of imidazole rings is 1. The van der Waals surface area contributed by atoms with Gasteiger partial charge in [-0.15, -0.1) is 0 Å². The molecule has 0 bridgehead atoms. The number of nitro benzene ring substituents is 1. The zero-order valence-electron chi connectivity index (χ0n) is 17.3. The molecule has 0 radical (unpaired) electrons. The third kappa shape index (κ3) is 4.34. The maximum absolute atomic E-state index is 11.4. The van der Waals surface area contributed by atoms with E-state index in [1.54, 1.807) is 30.5 Å². The zero-order chi connectivity index (χ0) is 22.7. The second-order valence-corrected chi connectivity index (χ2v) is 7.18. The number of hydrogen-bond donors (Lipinski definition) is 1. The number of aryl methyl sites for hydroxylation is 1. The van der Waals surface area contributed by atoms with Crippen LogP contribution in [0.15, 0.2) is 66.9 Å². The number of carbonyl (C=O) groups excluding carboxylic acids is 1. The minimum Gasteiger partial charge on any atom is -0.482 e. The maximum Gasteiger partial charge on any atom is 0.310 e. The summed E-state index contributed by atoms with van der Waals surface area (Å²) >= 11 is 0. The Morgan fingerprint density at radius 2 is 1.94 bits per heavy atom. The molecule has 8 heteroatoms. The van der Waals surface area contributed by atoms with Crippen LogP contribution in [-0.4, -0.2) is 20.2 Å². The van der Waals surface area contributed by atoms with Crippen LogP contribution in [0.5, 0.6) is 5.75 Å². The highest BCUT2D eigenvalue weighted by molar-refractivity contribution is 5.93. The van der Waals surface area contributed by atoms with Crippen molar-refractivity contribution in [2.45, 2.75) is 13.5 Å². The lowest BCUT2D eigenvalue weighted by molar-refractivity contribution is -0.385. The first-order valence-corrected chi connectivity index (χ1v) is 9.84. The van der Waals surface area contributed by atoms with Crippen LogP contribution < -0.4 is 10.5 Å². The van der Waals surface area contributed by atoms with Gasteiger partial charge in [0.2, 0.25) is 5.91 Å². The third-order valence-electron chi connectivity index (χ3n) is 5.04. The molecule has 32 heavy (non-hydrogen) atoms. The summed E-state index contributed by atoms with van der Waals surface area (Å²) in [5, 5.41) is 11.4. The molecule has 0 atom stereocenters. The molecule has 0 fully saturated rings. The molecule has 1 amide bonds. The summed E-state index contributed by atoms with van der Waals surface area (Å²) in [7, 11) is 0. The van der Waals surface area contributed by atoms with Crippen molar-refractivity contribution in [2.75, 3.05) is 0 Å². The van der Waals surface area contributed by atoms with Crippen molar-refractivity contribution in [1.82, 2.24) is 9.38 Å². The first kappa shape index (κ1) is 20.8. The van der Waals surface area contributed by atoms with E-state index in [9.17, 15) is 14.9 Å². The summed E-state index contributed by atoms with van der Waals surface area (Å²) in [4.78, 5) is 26.9. The van der Waals surface area contributed by atoms with Gasteiger partial charge in [-0.1, -0.05) is 36.4 Å². The highest BCUT2D eigenvalue weighted by atomic mass is 16.6. The molecule has 0 aliphatic rings. The number of rotatable bonds is 7. The van der Waals surface area contributed by atoms with Gasteiger partial charge >= 0.3 is 5.69 Å². The molecule has 0 spiro atoms. The summed E-state index contributed by atoms with van der Waals surface area (Å²) in [6.45, 7) is 2.14. The van der Waals surface area contributed by atoms with E-state index in [2.05, 4.69) is 4.98 Å². The number of benzene rings is 2. The van der Waals surface area contributed by atoms with Gasteiger partial charge in [0, 0.05) is 23.5 Å². The lowest BCUT2D eigenvalue weighted by Crippen LogP contribution is -2.11. The number of fused-ring (bicyclic) bond motifs is 1. The SMILES string of the molecule is Cc1c(/C=C/c2ccc([N+](=O)[O-])c(OCc3ccccc3)c2)nc2cc(C(N)=O)ccn12. The van der Waals surface area contributed by atoms with Crippen molar-refractivity contribution in [3.8, 4) is 5.75 Å². The fourth-order valence-electron chi connectivity index (χ4n) is 3.31. The van der Waals surface area contributed by atoms with E-state index in [1.165, 1.54) is 6.07 Å². The smallest absolute Gasteiger partial charge is 0.310 e. The number of nitrogens with zero attached hydrogens (tertiary/aromatic N) is 3. The Balaban J connectivity index is 1.61. The Morgan fingerprint density at radius 3 is 2.66 bits per heavy atom. The average Bonchev–Trinajstić information content (AvgIpc) is 3.11. The predicted molar refractivity (Wildman–Crippen MR) is 121 cm³/mol. The standard InChI is InChI=1S/C24H20N4O4/c1-16-20(26-23-14-19(24(25)29)11-12-27(16)23)9-7-17-8-10-21(28(30)31)22(13-17)32-15-18-5-3-2-4-6-18/h2-14H,15H2,1H3,(H2,25,29)/b9-7+. The Hall–Kier alpha value is -4.46. The van der Waals surface area contributed by atoms with E-state index in [4.69, 9.17) is 10.5 Å². The normalized spacial score (nSPS) is 11.2. The number of hydrogen-bond acceptors (Lipinski definition) is 5. The van der Waals surface area contributed by atoms with Gasteiger partial charge in [0.25, 0.3) is 0 Å². The second-order valence-electron chi connectivity index (χ2n) is 7.18. The number of nitrogens with two attached hydrogens (primary N) is 1. The summed E-state index contributed by atoms with van der Waals surface area (Å²) in [5.41, 5.74) is 9.47. The molecule has 0 saturated carbocycles. The molecule has 2 heterocycles. The van der Waals surface area contributed by atoms with E-state index >= 15 is 0 Å². The van der Waals surface area contributed by atoms with E-state index in [0.717, 1.165) is 16.8 Å². The minimum atomic E-state index is -0.515. The van der Waals surface area contributed by atoms with E-state index < -0.39 is 10.8 Å². The molecule has 2 aromatic heterocycles. The number of nitro groups is 1. The van der Waals surface area contributed by atoms with Crippen LogP contribution in [0.1, 0.15) is 32.9 Å². The topological polar surface area (TPSA) is 113 Å². The van der Waals surface area contributed by atoms with E-state index in [0.29, 0.717) is 16.9 Å². The van der Waals surface area contributed by atoms with Gasteiger partial charge in [-0.2, -0.15) is 0 Å². The van der Waals surface area contributed by atoms with Crippen LogP contribution in [0.3, 0.4) is 0 Å². The van der Waals surface area contributed by atoms with Gasteiger partial charge in [0.1, 0.15) is 12.3 Å². The summed E-state index contributed by atoms with van der Waals surface area (Å²) < 4.78 is 7.60. The number of aromatic nitrogens is 2. The highest BCUT2D eigenvalue weighted by Gasteiger charge is 2.15.